The molecular formula is C9H13N3O9Y-4. The van der Waals surface area contributed by atoms with Crippen LogP contribution >= 0.6 is 0 Å². The zero-order chi connectivity index (χ0) is 17.5. The Hall–Kier alpha value is -2.08. The molecular weight excluding hydrogens is 383 g/mol. The maximum atomic E-state index is 10.5. The van der Waals surface area contributed by atoms with Gasteiger partial charge in [0.25, 0.3) is 0 Å². The first kappa shape index (κ1) is 32.0. The van der Waals surface area contributed by atoms with Crippen molar-refractivity contribution < 1.29 is 76.8 Å². The molecule has 3 amide bonds. The van der Waals surface area contributed by atoms with Crippen LogP contribution in [0.1, 0.15) is 6.42 Å². The second kappa shape index (κ2) is 36.4. The second-order valence-corrected chi connectivity index (χ2v) is 2.16. The molecule has 0 aliphatic heterocycles. The Labute approximate surface area is 150 Å². The minimum Gasteiger partial charge on any atom is -0.665 e. The number of hydrogen-bond donors (Lipinski definition) is 6. The van der Waals surface area contributed by atoms with Crippen molar-refractivity contribution in [3.05, 3.63) is 0 Å². The van der Waals surface area contributed by atoms with E-state index in [0.29, 0.717) is 12.9 Å². The summed E-state index contributed by atoms with van der Waals surface area (Å²) < 4.78 is 0. The molecule has 0 unspecified atom stereocenters. The van der Waals surface area contributed by atoms with Crippen LogP contribution < -0.4 is 16.0 Å². The molecule has 0 aliphatic carbocycles. The van der Waals surface area contributed by atoms with Crippen molar-refractivity contribution >= 4 is 37.6 Å². The van der Waals surface area contributed by atoms with Crippen molar-refractivity contribution in [2.75, 3.05) is 13.7 Å². The molecule has 12 nitrogen and oxygen atoms in total. The SMILES string of the molecule is CN[C-]=O.O=[C-]NCNC(=O)CC(=O)O.O=[C-]O.O=[C-]O.[Y]. The van der Waals surface area contributed by atoms with Gasteiger partial charge >= 0.3 is 5.97 Å². The van der Waals surface area contributed by atoms with Crippen LogP contribution in [0.3, 0.4) is 0 Å². The van der Waals surface area contributed by atoms with E-state index in [-0.39, 0.29) is 39.4 Å². The smallest absolute Gasteiger partial charge is 0.312 e. The maximum Gasteiger partial charge on any atom is 0.312 e. The van der Waals surface area contributed by atoms with Crippen molar-refractivity contribution in [3.8, 4) is 0 Å². The molecule has 0 aromatic heterocycles. The molecule has 0 bridgehead atoms. The van der Waals surface area contributed by atoms with Crippen LogP contribution in [0.15, 0.2) is 0 Å². The predicted octanol–water partition coefficient (Wildman–Crippen LogP) is -3.31. The van der Waals surface area contributed by atoms with E-state index in [4.69, 9.17) is 29.7 Å². The molecule has 0 atom stereocenters. The molecule has 0 saturated carbocycles. The van der Waals surface area contributed by atoms with Gasteiger partial charge in [0.15, 0.2) is 0 Å². The van der Waals surface area contributed by atoms with Gasteiger partial charge in [-0.25, -0.2) is 0 Å². The molecule has 22 heavy (non-hydrogen) atoms. The number of hydrogen-bond acceptors (Lipinski definition) is 6. The van der Waals surface area contributed by atoms with E-state index in [1.54, 1.807) is 0 Å². The minimum absolute atomic E-state index is 0. The quantitative estimate of drug-likeness (QED) is 0.0874. The molecule has 6 N–H and O–H groups in total. The summed E-state index contributed by atoms with van der Waals surface area (Å²) in [5.74, 6) is -1.86. The van der Waals surface area contributed by atoms with Crippen molar-refractivity contribution in [2.45, 2.75) is 6.42 Å². The van der Waals surface area contributed by atoms with Gasteiger partial charge in [-0.05, 0) is 7.05 Å². The summed E-state index contributed by atoms with van der Waals surface area (Å²) in [4.78, 5) is 55.3. The molecule has 125 valence electrons. The summed E-state index contributed by atoms with van der Waals surface area (Å²) in [6.07, 6.45) is 2.15. The van der Waals surface area contributed by atoms with Crippen molar-refractivity contribution in [1.29, 1.82) is 0 Å². The van der Waals surface area contributed by atoms with Crippen LogP contribution in [0.4, 0.5) is 0 Å². The first-order chi connectivity index (χ1) is 9.91. The van der Waals surface area contributed by atoms with E-state index in [0.717, 1.165) is 0 Å². The second-order valence-electron chi connectivity index (χ2n) is 2.16. The Morgan fingerprint density at radius 2 is 1.36 bits per heavy atom. The van der Waals surface area contributed by atoms with Crippen LogP contribution in [0.25, 0.3) is 0 Å². The number of carboxylic acids is 1. The Kier molecular flexibility index (Phi) is 53.0. The van der Waals surface area contributed by atoms with Crippen LogP contribution in [-0.4, -0.2) is 66.7 Å². The molecule has 0 aromatic carbocycles. The first-order valence-corrected chi connectivity index (χ1v) is 4.56. The molecule has 0 rings (SSSR count). The fraction of sp³-hybridized carbons (Fsp3) is 0.333. The number of carboxylic acid groups (broad SMARTS) is 1. The number of aliphatic hydroxyl groups excluding tert-OH is 2. The van der Waals surface area contributed by atoms with Gasteiger partial charge in [0.1, 0.15) is 6.42 Å². The number of amides is 3. The Balaban J connectivity index is -0.0000000729. The van der Waals surface area contributed by atoms with Gasteiger partial charge < -0.3 is 50.4 Å². The molecule has 1 radical (unpaired) electrons. The third-order valence-electron chi connectivity index (χ3n) is 0.860. The number of aliphatic carboxylic acids is 1. The Morgan fingerprint density at radius 3 is 1.59 bits per heavy atom. The molecule has 0 heterocycles. The monoisotopic (exact) mass is 396 g/mol. The minimum atomic E-state index is -1.21. The summed E-state index contributed by atoms with van der Waals surface area (Å²) in [5, 5.41) is 27.9. The largest absolute Gasteiger partial charge is 0.665 e. The summed E-state index contributed by atoms with van der Waals surface area (Å²) >= 11 is 0. The summed E-state index contributed by atoms with van der Waals surface area (Å²) in [6, 6.07) is 0. The van der Waals surface area contributed by atoms with E-state index in [9.17, 15) is 14.4 Å². The van der Waals surface area contributed by atoms with Gasteiger partial charge in [-0.15, -0.1) is 0 Å². The van der Waals surface area contributed by atoms with Crippen LogP contribution in [-0.2, 0) is 61.5 Å². The zero-order valence-electron chi connectivity index (χ0n) is 11.3. The molecule has 0 spiro atoms. The third-order valence-corrected chi connectivity index (χ3v) is 0.860. The van der Waals surface area contributed by atoms with E-state index in [1.807, 2.05) is 5.32 Å². The van der Waals surface area contributed by atoms with Crippen molar-refractivity contribution in [1.82, 2.24) is 16.0 Å². The first-order valence-electron chi connectivity index (χ1n) is 4.56. The predicted molar refractivity (Wildman–Crippen MR) is 65.5 cm³/mol. The van der Waals surface area contributed by atoms with Crippen LogP contribution in [0.2, 0.25) is 0 Å². The van der Waals surface area contributed by atoms with Gasteiger partial charge in [-0.3, -0.25) is 9.59 Å². The van der Waals surface area contributed by atoms with Gasteiger partial charge in [0.2, 0.25) is 5.91 Å². The standard InChI is InChI=1S/C5H7N2O4.C2H4NO.2CHO2.Y/c8-3-6-2-7-4(9)1-5(10)11;1-3-2-4;2*2-1-3;/h1-2H2,(H,6,8)(H,7,9)(H,10,11);1H3,(H,3,4);2*(H,2,3);/q4*-1;. The fourth-order valence-electron chi connectivity index (χ4n) is 0.379. The molecule has 0 aromatic rings. The Morgan fingerprint density at radius 1 is 1.00 bits per heavy atom. The topological polar surface area (TPSA) is 199 Å². The number of carbonyl (C=O) groups is 2. The average molecular weight is 396 g/mol. The molecule has 13 heteroatoms. The van der Waals surface area contributed by atoms with Crippen molar-refractivity contribution in [3.63, 3.8) is 0 Å². The molecule has 0 aliphatic rings. The van der Waals surface area contributed by atoms with E-state index < -0.39 is 18.3 Å². The van der Waals surface area contributed by atoms with Gasteiger partial charge in [0.05, 0.1) is 6.67 Å². The zero-order valence-corrected chi connectivity index (χ0v) is 14.1. The molecule has 0 fully saturated rings. The normalized spacial score (nSPS) is 6.23. The van der Waals surface area contributed by atoms with Crippen molar-refractivity contribution in [2.24, 2.45) is 0 Å². The fourth-order valence-corrected chi connectivity index (χ4v) is 0.379. The van der Waals surface area contributed by atoms with Gasteiger partial charge in [-0.2, -0.15) is 12.8 Å². The van der Waals surface area contributed by atoms with E-state index in [1.165, 1.54) is 19.9 Å². The third kappa shape index (κ3) is 81.8. The van der Waals surface area contributed by atoms with E-state index in [2.05, 4.69) is 10.6 Å². The van der Waals surface area contributed by atoms with Gasteiger partial charge in [0, 0.05) is 32.7 Å². The van der Waals surface area contributed by atoms with Crippen LogP contribution in [0.5, 0.6) is 0 Å². The summed E-state index contributed by atoms with van der Waals surface area (Å²) in [6.45, 7) is 0.898. The van der Waals surface area contributed by atoms with Gasteiger partial charge in [-0.1, -0.05) is 12.9 Å². The Bertz CT molecular complexity index is 296. The number of nitrogens with one attached hydrogen (secondary N) is 3. The number of carbonyl (C=O) groups excluding carboxylic acids is 3. The summed E-state index contributed by atoms with van der Waals surface area (Å²) in [7, 11) is 1.51. The van der Waals surface area contributed by atoms with Crippen LogP contribution in [0, 0.1) is 0 Å². The average Bonchev–Trinajstić information content (AvgIpc) is 2.40. The van der Waals surface area contributed by atoms with E-state index >= 15 is 0 Å². The molecule has 0 saturated heterocycles. The number of rotatable bonds is 6. The summed E-state index contributed by atoms with van der Waals surface area (Å²) in [5.41, 5.74) is 0. The maximum absolute atomic E-state index is 10.5.